The summed E-state index contributed by atoms with van der Waals surface area (Å²) in [7, 11) is 0. The molecule has 64 heavy (non-hydrogen) atoms. The maximum absolute atomic E-state index is 13.1. The minimum atomic E-state index is -0.0599. The summed E-state index contributed by atoms with van der Waals surface area (Å²) < 4.78 is 13.1. The zero-order chi connectivity index (χ0) is 50.2. The number of rotatable bonds is 20. The average molecular weight is 883 g/mol. The predicted octanol–water partition coefficient (Wildman–Crippen LogP) is 21.0. The van der Waals surface area contributed by atoms with Crippen molar-refractivity contribution in [2.24, 2.45) is 35.0 Å². The van der Waals surface area contributed by atoms with Gasteiger partial charge in [-0.05, 0) is 174 Å². The molecular formula is C62H104FN. The van der Waals surface area contributed by atoms with Crippen LogP contribution in [0.4, 0.5) is 4.39 Å². The zero-order valence-electron chi connectivity index (χ0n) is 45.7. The lowest BCUT2D eigenvalue weighted by molar-refractivity contribution is 0.185. The largest absolute Gasteiger partial charge is 0.322 e. The first kappa shape index (κ1) is 64.6. The van der Waals surface area contributed by atoms with Crippen LogP contribution in [0.2, 0.25) is 0 Å². The van der Waals surface area contributed by atoms with Crippen LogP contribution in [0.25, 0.3) is 5.57 Å². The molecule has 0 radical (unpaired) electrons. The van der Waals surface area contributed by atoms with Gasteiger partial charge in [0.15, 0.2) is 0 Å². The van der Waals surface area contributed by atoms with E-state index in [1.54, 1.807) is 12.3 Å². The van der Waals surface area contributed by atoms with Crippen molar-refractivity contribution in [1.29, 1.82) is 0 Å². The van der Waals surface area contributed by atoms with E-state index < -0.39 is 0 Å². The van der Waals surface area contributed by atoms with Crippen molar-refractivity contribution in [3.8, 4) is 0 Å². The fraction of sp³-hybridized carbons (Fsp3) is 0.581. The van der Waals surface area contributed by atoms with Crippen LogP contribution in [-0.2, 0) is 5.41 Å². The predicted molar refractivity (Wildman–Crippen MR) is 294 cm³/mol. The van der Waals surface area contributed by atoms with Gasteiger partial charge in [0.25, 0.3) is 0 Å². The summed E-state index contributed by atoms with van der Waals surface area (Å²) >= 11 is 0. The molecule has 2 aliphatic rings. The van der Waals surface area contributed by atoms with Gasteiger partial charge in [0.2, 0.25) is 0 Å². The molecule has 0 amide bonds. The number of allylic oxidation sites excluding steroid dienone is 12. The van der Waals surface area contributed by atoms with E-state index in [4.69, 9.17) is 0 Å². The molecule has 0 N–H and O–H groups in total. The third kappa shape index (κ3) is 22.5. The third-order valence-electron chi connectivity index (χ3n) is 12.9. The summed E-state index contributed by atoms with van der Waals surface area (Å²) in [6.07, 6.45) is 28.6. The Hall–Kier alpha value is -3.65. The molecule has 0 spiro atoms. The van der Waals surface area contributed by atoms with Gasteiger partial charge in [0.05, 0.1) is 6.33 Å². The Morgan fingerprint density at radius 3 is 1.83 bits per heavy atom. The molecule has 364 valence electrons. The van der Waals surface area contributed by atoms with E-state index in [1.165, 1.54) is 48.5 Å². The molecule has 4 atom stereocenters. The van der Waals surface area contributed by atoms with Crippen LogP contribution < -0.4 is 0 Å². The Morgan fingerprint density at radius 1 is 0.891 bits per heavy atom. The molecule has 3 rings (SSSR count). The zero-order valence-corrected chi connectivity index (χ0v) is 45.7. The maximum Gasteiger partial charge on any atom is 0.0887 e. The Kier molecular flexibility index (Phi) is 35.9. The second-order valence-corrected chi connectivity index (χ2v) is 18.9. The molecule has 0 heterocycles. The summed E-state index contributed by atoms with van der Waals surface area (Å²) in [5.41, 5.74) is 10.1. The fourth-order valence-electron chi connectivity index (χ4n) is 8.39. The van der Waals surface area contributed by atoms with E-state index in [9.17, 15) is 4.39 Å². The number of halogens is 1. The average Bonchev–Trinajstić information content (AvgIpc) is 3.25. The minimum absolute atomic E-state index is 0.0599. The first-order valence-electron chi connectivity index (χ1n) is 25.3. The second-order valence-electron chi connectivity index (χ2n) is 18.9. The first-order chi connectivity index (χ1) is 30.2. The fourth-order valence-corrected chi connectivity index (χ4v) is 8.39. The summed E-state index contributed by atoms with van der Waals surface area (Å²) in [5.74, 6) is 4.76. The molecule has 0 saturated heterocycles. The number of aryl methyl sites for hydroxylation is 1. The second kappa shape index (κ2) is 35.6. The van der Waals surface area contributed by atoms with E-state index >= 15 is 0 Å². The van der Waals surface area contributed by atoms with Crippen molar-refractivity contribution in [3.05, 3.63) is 151 Å². The standard InChI is InChI=1S/C39H56FN.C12H20.C4H10.C3H6.2C2H6/c1-14-19-36(22-26-40)41(18-5)34(12)33(11)30(8)27-31(9)35-20-21-37(32(10)28-35)39(17-4,29(6)7)25-24-38(13,16-3)23-15-2;1-9-7-11(8-9)4-6-12-5-3-10(12)2;1-4(2)3;1-3-2;2*1-2/h15,18-22,26-28H,2,5-6,9,14,16-17,23-25H2,1,3-4,7-8,10-13H3;3,5,9-12H,4,6-8H2,1-2H3;4H,1-3H3;3H,1H2,2H3;2*1-2H3/b26-22-,30-27-,34-33+,36-19+;;;;;. The first-order valence-corrected chi connectivity index (χ1v) is 25.3. The number of hydrogen-bond donors (Lipinski definition) is 0. The van der Waals surface area contributed by atoms with Crippen LogP contribution in [0.15, 0.2) is 134 Å². The van der Waals surface area contributed by atoms with Crippen LogP contribution in [0.5, 0.6) is 0 Å². The Bertz CT molecular complexity index is 1650. The lowest BCUT2D eigenvalue weighted by Gasteiger charge is -2.39. The van der Waals surface area contributed by atoms with Gasteiger partial charge in [-0.3, -0.25) is 0 Å². The lowest BCUT2D eigenvalue weighted by Crippen LogP contribution is -2.30. The van der Waals surface area contributed by atoms with E-state index in [0.717, 1.165) is 102 Å². The lowest BCUT2D eigenvalue weighted by atomic mass is 9.65. The highest BCUT2D eigenvalue weighted by molar-refractivity contribution is 5.74. The van der Waals surface area contributed by atoms with E-state index in [2.05, 4.69) is 158 Å². The molecule has 2 aliphatic carbocycles. The van der Waals surface area contributed by atoms with Crippen molar-refractivity contribution in [2.45, 2.75) is 201 Å². The van der Waals surface area contributed by atoms with Gasteiger partial charge in [-0.1, -0.05) is 176 Å². The van der Waals surface area contributed by atoms with E-state index in [1.807, 2.05) is 59.4 Å². The van der Waals surface area contributed by atoms with Gasteiger partial charge in [-0.2, -0.15) is 0 Å². The number of nitrogens with zero attached hydrogens (tertiary/aromatic N) is 1. The van der Waals surface area contributed by atoms with E-state index in [-0.39, 0.29) is 10.8 Å². The molecule has 1 aromatic carbocycles. The third-order valence-corrected chi connectivity index (χ3v) is 12.9. The minimum Gasteiger partial charge on any atom is -0.322 e. The van der Waals surface area contributed by atoms with Crippen molar-refractivity contribution in [2.75, 3.05) is 0 Å². The highest BCUT2D eigenvalue weighted by atomic mass is 19.1. The van der Waals surface area contributed by atoms with Gasteiger partial charge in [-0.15, -0.1) is 13.2 Å². The van der Waals surface area contributed by atoms with Crippen LogP contribution in [0.1, 0.15) is 206 Å². The van der Waals surface area contributed by atoms with Crippen LogP contribution in [0.3, 0.4) is 0 Å². The molecule has 1 nitrogen and oxygen atoms in total. The van der Waals surface area contributed by atoms with E-state index in [0.29, 0.717) is 6.33 Å². The highest BCUT2D eigenvalue weighted by Gasteiger charge is 2.35. The van der Waals surface area contributed by atoms with Crippen molar-refractivity contribution >= 4 is 5.57 Å². The Morgan fingerprint density at radius 2 is 1.45 bits per heavy atom. The molecule has 1 fully saturated rings. The normalized spacial score (nSPS) is 19.7. The molecule has 1 saturated carbocycles. The van der Waals surface area contributed by atoms with Gasteiger partial charge in [-0.25, -0.2) is 4.39 Å². The number of hydrogen-bond acceptors (Lipinski definition) is 1. The Labute approximate surface area is 400 Å². The van der Waals surface area contributed by atoms with Crippen LogP contribution >= 0.6 is 0 Å². The molecule has 1 aromatic rings. The van der Waals surface area contributed by atoms with Crippen molar-refractivity contribution < 1.29 is 4.39 Å². The summed E-state index contributed by atoms with van der Waals surface area (Å²) in [6, 6.07) is 6.78. The smallest absolute Gasteiger partial charge is 0.0887 e. The quantitative estimate of drug-likeness (QED) is 0.0932. The molecule has 2 heteroatoms. The van der Waals surface area contributed by atoms with Crippen molar-refractivity contribution in [3.63, 3.8) is 0 Å². The number of benzene rings is 1. The van der Waals surface area contributed by atoms with Gasteiger partial charge < -0.3 is 4.90 Å². The van der Waals surface area contributed by atoms with Crippen molar-refractivity contribution in [1.82, 2.24) is 4.90 Å². The molecule has 0 aliphatic heterocycles. The molecular weight excluding hydrogens is 778 g/mol. The Balaban J connectivity index is -0.00000131. The summed E-state index contributed by atoms with van der Waals surface area (Å²) in [4.78, 5) is 1.93. The van der Waals surface area contributed by atoms with Gasteiger partial charge >= 0.3 is 0 Å². The van der Waals surface area contributed by atoms with Gasteiger partial charge in [0.1, 0.15) is 0 Å². The van der Waals surface area contributed by atoms with Gasteiger partial charge in [0, 0.05) is 23.0 Å². The topological polar surface area (TPSA) is 3.24 Å². The summed E-state index contributed by atoms with van der Waals surface area (Å²) in [6.45, 7) is 61.0. The van der Waals surface area contributed by atoms with Crippen LogP contribution in [-0.4, -0.2) is 4.90 Å². The molecule has 4 unspecified atom stereocenters. The molecule has 0 bridgehead atoms. The molecule has 0 aromatic heterocycles. The van der Waals surface area contributed by atoms with Crippen LogP contribution in [0, 0.1) is 41.9 Å². The highest BCUT2D eigenvalue weighted by Crippen LogP contribution is 2.45. The monoisotopic (exact) mass is 882 g/mol. The summed E-state index contributed by atoms with van der Waals surface area (Å²) in [5, 5.41) is 0. The maximum atomic E-state index is 13.1. The SMILES string of the molecule is C=CC.C=CCC(C)(CC)CCC(CC)(C(=C)C)c1ccc(C(=C)/C=C(C)\C(C)=C(/C)N(C=C)C(/C=C\F)=C/CC)cc1C.CC.CC.CC(C)C.CC1CC(CCC2C=CC2C)C1.